The van der Waals surface area contributed by atoms with E-state index in [1.807, 2.05) is 0 Å². The van der Waals surface area contributed by atoms with Gasteiger partial charge in [0, 0.05) is 0 Å². The summed E-state index contributed by atoms with van der Waals surface area (Å²) in [5.41, 5.74) is 0. The standard InChI is InChI=1S/C37H75NO5/c1-3-5-7-9-11-13-15-16-17-18-19-21-23-25-27-29-31-35(41)37(43)38-33(32-39)36(42)34(40)30-28-26-24-22-20-14-12-10-8-6-4-2/h33-36,39-42H,3-32H2,1-2H3,(H,38,43). The fourth-order valence-corrected chi connectivity index (χ4v) is 5.99. The maximum atomic E-state index is 12.4. The van der Waals surface area contributed by atoms with Crippen LogP contribution in [0.2, 0.25) is 0 Å². The molecule has 4 unspecified atom stereocenters. The van der Waals surface area contributed by atoms with Crippen molar-refractivity contribution in [1.29, 1.82) is 0 Å². The third kappa shape index (κ3) is 27.4. The minimum Gasteiger partial charge on any atom is -0.394 e. The van der Waals surface area contributed by atoms with E-state index in [0.717, 1.165) is 38.5 Å². The largest absolute Gasteiger partial charge is 0.394 e. The zero-order chi connectivity index (χ0) is 31.8. The number of hydrogen-bond donors (Lipinski definition) is 5. The fourth-order valence-electron chi connectivity index (χ4n) is 5.99. The summed E-state index contributed by atoms with van der Waals surface area (Å²) < 4.78 is 0. The van der Waals surface area contributed by atoms with Gasteiger partial charge in [-0.2, -0.15) is 0 Å². The molecule has 0 saturated heterocycles. The van der Waals surface area contributed by atoms with Crippen molar-refractivity contribution in [2.24, 2.45) is 0 Å². The summed E-state index contributed by atoms with van der Waals surface area (Å²) in [7, 11) is 0. The van der Waals surface area contributed by atoms with E-state index in [9.17, 15) is 25.2 Å². The van der Waals surface area contributed by atoms with Crippen LogP contribution in [0.1, 0.15) is 200 Å². The Bertz CT molecular complexity index is 575. The number of nitrogens with one attached hydrogen (secondary N) is 1. The van der Waals surface area contributed by atoms with Crippen molar-refractivity contribution in [3.63, 3.8) is 0 Å². The molecular formula is C37H75NO5. The van der Waals surface area contributed by atoms with E-state index in [2.05, 4.69) is 19.2 Å². The summed E-state index contributed by atoms with van der Waals surface area (Å²) in [6.07, 6.45) is 31.2. The second kappa shape index (κ2) is 32.7. The summed E-state index contributed by atoms with van der Waals surface area (Å²) >= 11 is 0. The number of aliphatic hydroxyl groups excluding tert-OH is 4. The molecule has 43 heavy (non-hydrogen) atoms. The Hall–Kier alpha value is -0.690. The Kier molecular flexibility index (Phi) is 32.2. The summed E-state index contributed by atoms with van der Waals surface area (Å²) in [6.45, 7) is 4.03. The highest BCUT2D eigenvalue weighted by atomic mass is 16.3. The van der Waals surface area contributed by atoms with Crippen LogP contribution in [-0.2, 0) is 4.79 Å². The molecule has 258 valence electrons. The lowest BCUT2D eigenvalue weighted by Crippen LogP contribution is -2.53. The maximum Gasteiger partial charge on any atom is 0.249 e. The molecule has 0 bridgehead atoms. The fraction of sp³-hybridized carbons (Fsp3) is 0.973. The first-order valence-corrected chi connectivity index (χ1v) is 18.9. The van der Waals surface area contributed by atoms with Gasteiger partial charge in [-0.25, -0.2) is 0 Å². The van der Waals surface area contributed by atoms with Gasteiger partial charge in [-0.3, -0.25) is 4.79 Å². The van der Waals surface area contributed by atoms with Gasteiger partial charge >= 0.3 is 0 Å². The molecule has 5 N–H and O–H groups in total. The molecule has 0 aliphatic carbocycles. The molecule has 0 aromatic rings. The number of aliphatic hydroxyl groups is 4. The van der Waals surface area contributed by atoms with Crippen LogP contribution in [0.25, 0.3) is 0 Å². The van der Waals surface area contributed by atoms with Gasteiger partial charge in [0.1, 0.15) is 12.2 Å². The summed E-state index contributed by atoms with van der Waals surface area (Å²) in [6, 6.07) is -0.976. The SMILES string of the molecule is CCCCCCCCCCCCCCCCCCC(O)C(=O)NC(CO)C(O)C(O)CCCCCCCCCCCCC. The molecule has 0 spiro atoms. The second-order valence-corrected chi connectivity index (χ2v) is 13.3. The molecule has 0 saturated carbocycles. The topological polar surface area (TPSA) is 110 Å². The van der Waals surface area contributed by atoms with Crippen molar-refractivity contribution in [2.75, 3.05) is 6.61 Å². The van der Waals surface area contributed by atoms with Crippen LogP contribution in [0.15, 0.2) is 0 Å². The Morgan fingerprint density at radius 3 is 1.12 bits per heavy atom. The van der Waals surface area contributed by atoms with Crippen LogP contribution in [0.4, 0.5) is 0 Å². The summed E-state index contributed by atoms with van der Waals surface area (Å²) in [4.78, 5) is 12.4. The summed E-state index contributed by atoms with van der Waals surface area (Å²) in [5.74, 6) is -0.582. The van der Waals surface area contributed by atoms with E-state index in [4.69, 9.17) is 0 Å². The van der Waals surface area contributed by atoms with Crippen molar-refractivity contribution in [2.45, 2.75) is 224 Å². The average Bonchev–Trinajstić information content (AvgIpc) is 3.01. The van der Waals surface area contributed by atoms with E-state index in [0.29, 0.717) is 12.8 Å². The third-order valence-corrected chi connectivity index (χ3v) is 9.07. The molecule has 6 heteroatoms. The van der Waals surface area contributed by atoms with Crippen LogP contribution in [0.5, 0.6) is 0 Å². The molecule has 0 aliphatic rings. The number of amides is 1. The van der Waals surface area contributed by atoms with E-state index in [-0.39, 0.29) is 0 Å². The second-order valence-electron chi connectivity index (χ2n) is 13.3. The van der Waals surface area contributed by atoms with Crippen LogP contribution >= 0.6 is 0 Å². The van der Waals surface area contributed by atoms with Crippen LogP contribution < -0.4 is 5.32 Å². The zero-order valence-corrected chi connectivity index (χ0v) is 28.7. The first-order chi connectivity index (χ1) is 21.0. The van der Waals surface area contributed by atoms with Gasteiger partial charge in [0.05, 0.1) is 18.8 Å². The molecule has 6 nitrogen and oxygen atoms in total. The summed E-state index contributed by atoms with van der Waals surface area (Å²) in [5, 5.41) is 43.4. The highest BCUT2D eigenvalue weighted by Crippen LogP contribution is 2.16. The van der Waals surface area contributed by atoms with Crippen molar-refractivity contribution in [1.82, 2.24) is 5.32 Å². The van der Waals surface area contributed by atoms with Gasteiger partial charge < -0.3 is 25.7 Å². The number of carbonyl (C=O) groups excluding carboxylic acids is 1. The molecule has 1 amide bonds. The lowest BCUT2D eigenvalue weighted by molar-refractivity contribution is -0.132. The van der Waals surface area contributed by atoms with E-state index in [1.54, 1.807) is 0 Å². The predicted molar refractivity (Wildman–Crippen MR) is 182 cm³/mol. The smallest absolute Gasteiger partial charge is 0.249 e. The molecule has 0 fully saturated rings. The molecule has 4 atom stereocenters. The Balaban J connectivity index is 3.76. The quantitative estimate of drug-likeness (QED) is 0.0466. The van der Waals surface area contributed by atoms with Crippen molar-refractivity contribution >= 4 is 5.91 Å². The highest BCUT2D eigenvalue weighted by Gasteiger charge is 2.28. The van der Waals surface area contributed by atoms with E-state index < -0.39 is 36.9 Å². The number of carbonyl (C=O) groups is 1. The Labute approximate surface area is 267 Å². The van der Waals surface area contributed by atoms with E-state index >= 15 is 0 Å². The Morgan fingerprint density at radius 2 is 0.791 bits per heavy atom. The van der Waals surface area contributed by atoms with Gasteiger partial charge in [-0.1, -0.05) is 187 Å². The number of unbranched alkanes of at least 4 members (excludes halogenated alkanes) is 25. The molecular weight excluding hydrogens is 538 g/mol. The molecule has 0 heterocycles. The average molecular weight is 614 g/mol. The number of rotatable bonds is 34. The lowest BCUT2D eigenvalue weighted by Gasteiger charge is -2.27. The molecule has 0 rings (SSSR count). The zero-order valence-electron chi connectivity index (χ0n) is 28.7. The van der Waals surface area contributed by atoms with Gasteiger partial charge in [-0.05, 0) is 12.8 Å². The highest BCUT2D eigenvalue weighted by molar-refractivity contribution is 5.80. The van der Waals surface area contributed by atoms with Crippen molar-refractivity contribution < 1.29 is 25.2 Å². The molecule has 0 aromatic carbocycles. The van der Waals surface area contributed by atoms with Crippen LogP contribution in [-0.4, -0.2) is 57.3 Å². The molecule has 0 aliphatic heterocycles. The van der Waals surface area contributed by atoms with Crippen molar-refractivity contribution in [3.05, 3.63) is 0 Å². The van der Waals surface area contributed by atoms with Crippen LogP contribution in [0, 0.1) is 0 Å². The normalized spacial score (nSPS) is 14.5. The van der Waals surface area contributed by atoms with Gasteiger partial charge in [0.2, 0.25) is 5.91 Å². The van der Waals surface area contributed by atoms with Crippen molar-refractivity contribution in [3.8, 4) is 0 Å². The monoisotopic (exact) mass is 614 g/mol. The minimum atomic E-state index is -1.25. The van der Waals surface area contributed by atoms with Crippen LogP contribution in [0.3, 0.4) is 0 Å². The van der Waals surface area contributed by atoms with Gasteiger partial charge in [0.15, 0.2) is 0 Å². The lowest BCUT2D eigenvalue weighted by atomic mass is 9.99. The Morgan fingerprint density at radius 1 is 0.488 bits per heavy atom. The predicted octanol–water partition coefficient (Wildman–Crippen LogP) is 8.90. The minimum absolute atomic E-state index is 0.375. The first kappa shape index (κ1) is 42.3. The molecule has 0 radical (unpaired) electrons. The third-order valence-electron chi connectivity index (χ3n) is 9.07. The maximum absolute atomic E-state index is 12.4. The van der Waals surface area contributed by atoms with Gasteiger partial charge in [-0.15, -0.1) is 0 Å². The van der Waals surface area contributed by atoms with Gasteiger partial charge in [0.25, 0.3) is 0 Å². The first-order valence-electron chi connectivity index (χ1n) is 18.9. The van der Waals surface area contributed by atoms with E-state index in [1.165, 1.54) is 135 Å². The number of hydrogen-bond acceptors (Lipinski definition) is 5. The molecule has 0 aromatic heterocycles.